The highest BCUT2D eigenvalue weighted by atomic mass is 35.5. The fraction of sp³-hybridized carbons (Fsp3) is 0.333. The number of nitriles is 1. The van der Waals surface area contributed by atoms with Crippen LogP contribution in [0.25, 0.3) is 0 Å². The third-order valence-corrected chi connectivity index (χ3v) is 0.673. The largest absolute Gasteiger partial charge is 0.454 e. The van der Waals surface area contributed by atoms with Crippen LogP contribution in [0.2, 0.25) is 0 Å². The molecular weight excluding hydrogens is 148 g/mol. The van der Waals surface area contributed by atoms with Crippen molar-refractivity contribution in [3.8, 4) is 6.19 Å². The number of ether oxygens (including phenoxy) is 1. The minimum Gasteiger partial charge on any atom is -0.454 e. The van der Waals surface area contributed by atoms with E-state index in [4.69, 9.17) is 16.9 Å². The summed E-state index contributed by atoms with van der Waals surface area (Å²) in [6.07, 6.45) is 1.58. The Morgan fingerprint density at radius 3 is 3.00 bits per heavy atom. The molecule has 0 bridgehead atoms. The van der Waals surface area contributed by atoms with E-state index in [1.165, 1.54) is 0 Å². The van der Waals surface area contributed by atoms with Crippen molar-refractivity contribution in [1.82, 2.24) is 5.32 Å². The number of halogens is 1. The molecule has 0 fully saturated rings. The van der Waals surface area contributed by atoms with E-state index in [1.807, 2.05) is 0 Å². The maximum atomic E-state index is 7.89. The van der Waals surface area contributed by atoms with Gasteiger partial charge in [0.15, 0.2) is 12.3 Å². The summed E-state index contributed by atoms with van der Waals surface area (Å²) in [5.41, 5.74) is 0. The van der Waals surface area contributed by atoms with Crippen LogP contribution >= 0.6 is 23.8 Å². The van der Waals surface area contributed by atoms with Crippen LogP contribution in [-0.4, -0.2) is 11.2 Å². The molecule has 0 saturated heterocycles. The monoisotopic (exact) mass is 150 g/mol. The van der Waals surface area contributed by atoms with Crippen LogP contribution in [0.4, 0.5) is 0 Å². The Morgan fingerprint density at radius 2 is 2.62 bits per heavy atom. The lowest BCUT2D eigenvalue weighted by molar-refractivity contribution is 0.374. The summed E-state index contributed by atoms with van der Waals surface area (Å²) in [6, 6.07) is -0.0342. The van der Waals surface area contributed by atoms with Crippen molar-refractivity contribution in [3.05, 3.63) is 0 Å². The van der Waals surface area contributed by atoms with Crippen LogP contribution < -0.4 is 5.32 Å². The summed E-state index contributed by atoms with van der Waals surface area (Å²) >= 11 is 9.49. The van der Waals surface area contributed by atoms with Gasteiger partial charge in [0.1, 0.15) is 0 Å². The molecule has 0 aliphatic heterocycles. The Morgan fingerprint density at radius 1 is 2.00 bits per heavy atom. The Labute approximate surface area is 57.2 Å². The summed E-state index contributed by atoms with van der Waals surface area (Å²) in [4.78, 5) is 0. The number of nitrogens with zero attached hydrogens (tertiary/aromatic N) is 1. The van der Waals surface area contributed by atoms with Gasteiger partial charge in [-0.2, -0.15) is 5.26 Å². The summed E-state index contributed by atoms with van der Waals surface area (Å²) in [5, 5.41) is 9.97. The molecule has 0 aliphatic rings. The average molecular weight is 151 g/mol. The number of rotatable bonds is 1. The van der Waals surface area contributed by atoms with E-state index in [9.17, 15) is 0 Å². The van der Waals surface area contributed by atoms with E-state index in [-0.39, 0.29) is 11.2 Å². The van der Waals surface area contributed by atoms with Gasteiger partial charge in [0.05, 0.1) is 0 Å². The zero-order valence-electron chi connectivity index (χ0n) is 3.85. The van der Waals surface area contributed by atoms with E-state index in [2.05, 4.69) is 22.3 Å². The van der Waals surface area contributed by atoms with Gasteiger partial charge in [-0.05, 0) is 12.2 Å². The molecule has 5 heteroatoms. The number of nitrogens with one attached hydrogen (secondary N) is 1. The highest BCUT2D eigenvalue weighted by molar-refractivity contribution is 7.80. The molecule has 44 valence electrons. The van der Waals surface area contributed by atoms with Gasteiger partial charge in [-0.25, -0.2) is 0 Å². The third kappa shape index (κ3) is 3.65. The van der Waals surface area contributed by atoms with Crippen LogP contribution in [0.15, 0.2) is 0 Å². The molecule has 0 amide bonds. The van der Waals surface area contributed by atoms with Crippen molar-refractivity contribution in [2.75, 3.05) is 6.07 Å². The van der Waals surface area contributed by atoms with Crippen molar-refractivity contribution in [2.24, 2.45) is 0 Å². The molecule has 0 spiro atoms. The van der Waals surface area contributed by atoms with E-state index < -0.39 is 0 Å². The van der Waals surface area contributed by atoms with Crippen molar-refractivity contribution in [1.29, 1.82) is 5.26 Å². The Kier molecular flexibility index (Phi) is 4.32. The van der Waals surface area contributed by atoms with Crippen LogP contribution in [0.1, 0.15) is 0 Å². The van der Waals surface area contributed by atoms with Crippen LogP contribution in [0.5, 0.6) is 0 Å². The molecule has 0 atom stereocenters. The first-order valence-corrected chi connectivity index (χ1v) is 2.63. The predicted octanol–water partition coefficient (Wildman–Crippen LogP) is 0.555. The van der Waals surface area contributed by atoms with Gasteiger partial charge in [0.2, 0.25) is 0 Å². The van der Waals surface area contributed by atoms with Crippen molar-refractivity contribution >= 4 is 29.0 Å². The zero-order chi connectivity index (χ0) is 6.41. The van der Waals surface area contributed by atoms with Gasteiger partial charge in [-0.15, -0.1) is 0 Å². The van der Waals surface area contributed by atoms with Crippen LogP contribution in [0.3, 0.4) is 0 Å². The first kappa shape index (κ1) is 7.47. The number of alkyl halides is 1. The van der Waals surface area contributed by atoms with Crippen molar-refractivity contribution in [2.45, 2.75) is 0 Å². The molecule has 0 aromatic heterocycles. The fourth-order valence-electron chi connectivity index (χ4n) is 0.131. The third-order valence-electron chi connectivity index (χ3n) is 0.344. The number of hydrogen-bond acceptors (Lipinski definition) is 3. The molecule has 0 rings (SSSR count). The maximum Gasteiger partial charge on any atom is 0.271 e. The van der Waals surface area contributed by atoms with Crippen LogP contribution in [-0.2, 0) is 4.74 Å². The normalized spacial score (nSPS) is 7.00. The maximum absolute atomic E-state index is 7.89. The lowest BCUT2D eigenvalue weighted by Gasteiger charge is -1.96. The quantitative estimate of drug-likeness (QED) is 0.257. The summed E-state index contributed by atoms with van der Waals surface area (Å²) in [7, 11) is 0. The second-order valence-corrected chi connectivity index (χ2v) is 1.37. The van der Waals surface area contributed by atoms with E-state index in [0.29, 0.717) is 0 Å². The van der Waals surface area contributed by atoms with Crippen molar-refractivity contribution < 1.29 is 4.74 Å². The standard InChI is InChI=1S/C3H3ClN2OS/c4-1-7-3(8)6-2-5/h1H2,(H,6,8). The first-order valence-electron chi connectivity index (χ1n) is 1.69. The topological polar surface area (TPSA) is 45.0 Å². The predicted molar refractivity (Wildman–Crippen MR) is 33.2 cm³/mol. The van der Waals surface area contributed by atoms with Gasteiger partial charge < -0.3 is 4.74 Å². The highest BCUT2D eigenvalue weighted by Gasteiger charge is 1.88. The molecule has 8 heavy (non-hydrogen) atoms. The molecule has 0 radical (unpaired) electrons. The van der Waals surface area contributed by atoms with Gasteiger partial charge in [0.25, 0.3) is 5.17 Å². The van der Waals surface area contributed by atoms with Gasteiger partial charge in [-0.3, -0.25) is 5.32 Å². The molecule has 0 unspecified atom stereocenters. The molecule has 0 aromatic rings. The van der Waals surface area contributed by atoms with Gasteiger partial charge >= 0.3 is 0 Å². The van der Waals surface area contributed by atoms with Crippen LogP contribution in [0, 0.1) is 11.5 Å². The second kappa shape index (κ2) is 4.62. The molecule has 3 nitrogen and oxygen atoms in total. The lowest BCUT2D eigenvalue weighted by Crippen LogP contribution is -2.17. The van der Waals surface area contributed by atoms with Gasteiger partial charge in [-0.1, -0.05) is 11.6 Å². The average Bonchev–Trinajstić information content (AvgIpc) is 1.68. The minimum absolute atomic E-state index is 0.00231. The van der Waals surface area contributed by atoms with Gasteiger partial charge in [0, 0.05) is 0 Å². The molecule has 0 saturated carbocycles. The molecule has 1 N–H and O–H groups in total. The molecule has 0 heterocycles. The fourth-order valence-corrected chi connectivity index (χ4v) is 0.410. The first-order chi connectivity index (χ1) is 3.81. The number of thiocarbonyl (C=S) groups is 1. The SMILES string of the molecule is N#CNC(=S)OCCl. The molecular formula is C3H3ClN2OS. The lowest BCUT2D eigenvalue weighted by atomic mass is 11.1. The van der Waals surface area contributed by atoms with E-state index in [1.54, 1.807) is 6.19 Å². The molecule has 0 aliphatic carbocycles. The number of hydrogen-bond donors (Lipinski definition) is 1. The second-order valence-electron chi connectivity index (χ2n) is 0.778. The van der Waals surface area contributed by atoms with Crippen molar-refractivity contribution in [3.63, 3.8) is 0 Å². The highest BCUT2D eigenvalue weighted by Crippen LogP contribution is 1.79. The Hall–Kier alpha value is -0.530. The zero-order valence-corrected chi connectivity index (χ0v) is 5.42. The summed E-state index contributed by atoms with van der Waals surface area (Å²) < 4.78 is 4.45. The van der Waals surface area contributed by atoms with E-state index in [0.717, 1.165) is 0 Å². The minimum atomic E-state index is -0.0342. The smallest absolute Gasteiger partial charge is 0.271 e. The summed E-state index contributed by atoms with van der Waals surface area (Å²) in [6.45, 7) is 0. The van der Waals surface area contributed by atoms with E-state index >= 15 is 0 Å². The molecule has 0 aromatic carbocycles. The summed E-state index contributed by atoms with van der Waals surface area (Å²) in [5.74, 6) is 0. The Balaban J connectivity index is 3.23. The Bertz CT molecular complexity index is 121.